The molecule has 0 amide bonds. The lowest BCUT2D eigenvalue weighted by atomic mass is 9.95. The highest BCUT2D eigenvalue weighted by molar-refractivity contribution is 9.09. The fourth-order valence-electron chi connectivity index (χ4n) is 1.90. The number of benzene rings is 1. The van der Waals surface area contributed by atoms with Gasteiger partial charge in [-0.2, -0.15) is 0 Å². The molecule has 20 heavy (non-hydrogen) atoms. The van der Waals surface area contributed by atoms with Crippen molar-refractivity contribution in [2.24, 2.45) is 0 Å². The molecule has 2 aromatic rings. The summed E-state index contributed by atoms with van der Waals surface area (Å²) in [6.45, 7) is 6.55. The molecule has 0 saturated heterocycles. The minimum atomic E-state index is -0.800. The lowest BCUT2D eigenvalue weighted by Crippen LogP contribution is -2.07. The molecule has 1 heterocycles. The smallest absolute Gasteiger partial charge is 0.159 e. The average molecular weight is 359 g/mol. The van der Waals surface area contributed by atoms with Gasteiger partial charge < -0.3 is 0 Å². The molecule has 0 aliphatic rings. The van der Waals surface area contributed by atoms with Crippen LogP contribution in [-0.2, 0) is 11.8 Å². The van der Waals surface area contributed by atoms with Crippen LogP contribution in [0, 0.1) is 11.6 Å². The van der Waals surface area contributed by atoms with Crippen molar-refractivity contribution < 1.29 is 8.78 Å². The largest absolute Gasteiger partial charge is 0.204 e. The summed E-state index contributed by atoms with van der Waals surface area (Å²) in [5.41, 5.74) is 0.925. The molecule has 0 aliphatic heterocycles. The van der Waals surface area contributed by atoms with E-state index in [1.54, 1.807) is 17.4 Å². The van der Waals surface area contributed by atoms with Crippen LogP contribution in [0.25, 0.3) is 0 Å². The normalized spacial score (nSPS) is 13.5. The summed E-state index contributed by atoms with van der Waals surface area (Å²) in [5.74, 6) is -1.59. The highest BCUT2D eigenvalue weighted by atomic mass is 79.9. The molecule has 1 unspecified atom stereocenters. The van der Waals surface area contributed by atoms with Crippen LogP contribution in [0.4, 0.5) is 8.78 Å². The highest BCUT2D eigenvalue weighted by Crippen LogP contribution is 2.37. The molecule has 4 heteroatoms. The van der Waals surface area contributed by atoms with Gasteiger partial charge in [-0.3, -0.25) is 0 Å². The Labute approximate surface area is 131 Å². The van der Waals surface area contributed by atoms with Crippen LogP contribution < -0.4 is 0 Å². The third kappa shape index (κ3) is 3.67. The van der Waals surface area contributed by atoms with Gasteiger partial charge in [-0.15, -0.1) is 11.3 Å². The fourth-order valence-corrected chi connectivity index (χ4v) is 3.75. The van der Waals surface area contributed by atoms with Gasteiger partial charge in [0, 0.05) is 9.75 Å². The molecular formula is C16H17BrF2S. The monoisotopic (exact) mass is 358 g/mol. The van der Waals surface area contributed by atoms with Gasteiger partial charge in [0.25, 0.3) is 0 Å². The second-order valence-electron chi connectivity index (χ2n) is 5.87. The Balaban J connectivity index is 2.13. The zero-order valence-electron chi connectivity index (χ0n) is 11.7. The molecule has 1 aromatic carbocycles. The Morgan fingerprint density at radius 1 is 1.10 bits per heavy atom. The van der Waals surface area contributed by atoms with Gasteiger partial charge in [-0.25, -0.2) is 8.78 Å². The van der Waals surface area contributed by atoms with E-state index < -0.39 is 11.6 Å². The number of hydrogen-bond donors (Lipinski definition) is 0. The first-order valence-corrected chi connectivity index (χ1v) is 8.19. The maximum atomic E-state index is 13.2. The molecule has 108 valence electrons. The Bertz CT molecular complexity index is 599. The van der Waals surface area contributed by atoms with Crippen molar-refractivity contribution in [1.29, 1.82) is 0 Å². The van der Waals surface area contributed by atoms with Crippen molar-refractivity contribution in [2.75, 3.05) is 0 Å². The molecule has 0 radical (unpaired) electrons. The van der Waals surface area contributed by atoms with E-state index in [2.05, 4.69) is 48.8 Å². The summed E-state index contributed by atoms with van der Waals surface area (Å²) in [4.78, 5) is 2.65. The molecule has 0 bridgehead atoms. The van der Waals surface area contributed by atoms with E-state index in [1.807, 2.05) is 0 Å². The Hall–Kier alpha value is -0.740. The molecule has 1 aromatic heterocycles. The zero-order valence-corrected chi connectivity index (χ0v) is 14.1. The van der Waals surface area contributed by atoms with Crippen LogP contribution in [0.5, 0.6) is 0 Å². The average Bonchev–Trinajstić information content (AvgIpc) is 2.83. The quantitative estimate of drug-likeness (QED) is 0.590. The summed E-state index contributed by atoms with van der Waals surface area (Å²) in [6.07, 6.45) is 0.640. The molecule has 1 atom stereocenters. The Kier molecular flexibility index (Phi) is 4.65. The van der Waals surface area contributed by atoms with Crippen LogP contribution in [0.3, 0.4) is 0 Å². The van der Waals surface area contributed by atoms with E-state index in [0.717, 1.165) is 5.56 Å². The van der Waals surface area contributed by atoms with Gasteiger partial charge >= 0.3 is 0 Å². The third-order valence-corrected chi connectivity index (χ3v) is 5.82. The van der Waals surface area contributed by atoms with Crippen LogP contribution in [0.1, 0.15) is 40.9 Å². The van der Waals surface area contributed by atoms with E-state index in [9.17, 15) is 8.78 Å². The van der Waals surface area contributed by atoms with Crippen molar-refractivity contribution >= 4 is 27.3 Å². The maximum Gasteiger partial charge on any atom is 0.159 e. The minimum Gasteiger partial charge on any atom is -0.204 e. The number of hydrogen-bond acceptors (Lipinski definition) is 1. The summed E-state index contributed by atoms with van der Waals surface area (Å²) < 4.78 is 26.1. The number of alkyl halides is 1. The van der Waals surface area contributed by atoms with Crippen LogP contribution >= 0.6 is 27.3 Å². The summed E-state index contributed by atoms with van der Waals surface area (Å²) in [7, 11) is 0. The van der Waals surface area contributed by atoms with Gasteiger partial charge in [0.1, 0.15) is 0 Å². The highest BCUT2D eigenvalue weighted by Gasteiger charge is 2.19. The number of halogens is 3. The predicted molar refractivity (Wildman–Crippen MR) is 84.7 cm³/mol. The van der Waals surface area contributed by atoms with Crippen molar-refractivity contribution in [1.82, 2.24) is 0 Å². The Morgan fingerprint density at radius 2 is 1.80 bits per heavy atom. The molecule has 0 aliphatic carbocycles. The molecule has 0 spiro atoms. The van der Waals surface area contributed by atoms with Gasteiger partial charge in [0.15, 0.2) is 11.6 Å². The fraction of sp³-hybridized carbons (Fsp3) is 0.375. The first kappa shape index (κ1) is 15.6. The van der Waals surface area contributed by atoms with E-state index >= 15 is 0 Å². The SMILES string of the molecule is CC(C)(C)c1ccc(C(Br)Cc2ccc(F)c(F)c2)s1. The molecule has 0 saturated carbocycles. The molecule has 2 rings (SSSR count). The topological polar surface area (TPSA) is 0 Å². The molecule has 0 fully saturated rings. The zero-order chi connectivity index (χ0) is 14.9. The molecule has 0 N–H and O–H groups in total. The molecular weight excluding hydrogens is 342 g/mol. The maximum absolute atomic E-state index is 13.2. The summed E-state index contributed by atoms with van der Waals surface area (Å²) >= 11 is 5.40. The van der Waals surface area contributed by atoms with E-state index in [4.69, 9.17) is 0 Å². The lowest BCUT2D eigenvalue weighted by Gasteiger charge is -2.15. The van der Waals surface area contributed by atoms with Crippen molar-refractivity contribution in [3.8, 4) is 0 Å². The Morgan fingerprint density at radius 3 is 2.35 bits per heavy atom. The van der Waals surface area contributed by atoms with Crippen molar-refractivity contribution in [3.05, 3.63) is 57.3 Å². The van der Waals surface area contributed by atoms with Crippen molar-refractivity contribution in [2.45, 2.75) is 37.4 Å². The first-order chi connectivity index (χ1) is 9.27. The van der Waals surface area contributed by atoms with E-state index in [0.29, 0.717) is 6.42 Å². The van der Waals surface area contributed by atoms with Gasteiger partial charge in [0.05, 0.1) is 4.83 Å². The molecule has 0 nitrogen and oxygen atoms in total. The van der Waals surface area contributed by atoms with E-state index in [-0.39, 0.29) is 10.2 Å². The number of rotatable bonds is 3. The second kappa shape index (κ2) is 5.94. The van der Waals surface area contributed by atoms with Gasteiger partial charge in [-0.1, -0.05) is 42.8 Å². The third-order valence-electron chi connectivity index (χ3n) is 3.07. The minimum absolute atomic E-state index is 0.119. The standard InChI is InChI=1S/C16H17BrF2S/c1-16(2,3)15-7-6-14(20-15)11(17)8-10-4-5-12(18)13(19)9-10/h4-7,9,11H,8H2,1-3H3. The summed E-state index contributed by atoms with van der Waals surface area (Å²) in [5, 5.41) is 0. The van der Waals surface area contributed by atoms with Crippen LogP contribution in [-0.4, -0.2) is 0 Å². The number of thiophene rings is 1. The van der Waals surface area contributed by atoms with Crippen LogP contribution in [0.2, 0.25) is 0 Å². The summed E-state index contributed by atoms with van der Waals surface area (Å²) in [6, 6.07) is 8.32. The van der Waals surface area contributed by atoms with Gasteiger partial charge in [0.2, 0.25) is 0 Å². The van der Waals surface area contributed by atoms with Crippen LogP contribution in [0.15, 0.2) is 30.3 Å². The van der Waals surface area contributed by atoms with E-state index in [1.165, 1.54) is 21.9 Å². The van der Waals surface area contributed by atoms with Crippen molar-refractivity contribution in [3.63, 3.8) is 0 Å². The van der Waals surface area contributed by atoms with Gasteiger partial charge in [-0.05, 0) is 41.7 Å². The lowest BCUT2D eigenvalue weighted by molar-refractivity contribution is 0.507. The predicted octanol–water partition coefficient (Wildman–Crippen LogP) is 6.00. The second-order valence-corrected chi connectivity index (χ2v) is 8.09. The first-order valence-electron chi connectivity index (χ1n) is 6.45.